The summed E-state index contributed by atoms with van der Waals surface area (Å²) in [6.07, 6.45) is 3.04. The number of fused-ring (bicyclic) bond motifs is 1. The van der Waals surface area contributed by atoms with Gasteiger partial charge in [0.05, 0.1) is 7.11 Å². The topological polar surface area (TPSA) is 46.6 Å². The normalized spacial score (nSPS) is 15.8. The number of hydrogen-bond donors (Lipinski definition) is 1. The summed E-state index contributed by atoms with van der Waals surface area (Å²) in [5.74, 6) is 2.87. The van der Waals surface area contributed by atoms with Gasteiger partial charge in [-0.05, 0) is 36.8 Å². The number of nitrogens with zero attached hydrogens (tertiary/aromatic N) is 2. The number of methoxy groups -OCH3 is 1. The van der Waals surface area contributed by atoms with E-state index in [0.717, 1.165) is 42.4 Å². The first kappa shape index (κ1) is 16.6. The highest BCUT2D eigenvalue weighted by molar-refractivity contribution is 5.48. The number of benzene rings is 1. The minimum Gasteiger partial charge on any atom is -0.496 e. The Morgan fingerprint density at radius 3 is 2.88 bits per heavy atom. The Balaban J connectivity index is 1.67. The van der Waals surface area contributed by atoms with E-state index in [0.29, 0.717) is 0 Å². The van der Waals surface area contributed by atoms with Crippen LogP contribution in [0.1, 0.15) is 23.6 Å². The van der Waals surface area contributed by atoms with Gasteiger partial charge < -0.3 is 19.7 Å². The van der Waals surface area contributed by atoms with Crippen LogP contribution in [0.25, 0.3) is 0 Å². The fourth-order valence-electron chi connectivity index (χ4n) is 2.97. The van der Waals surface area contributed by atoms with Crippen LogP contribution < -0.4 is 19.7 Å². The molecule has 0 fully saturated rings. The first-order chi connectivity index (χ1) is 11.6. The zero-order valence-corrected chi connectivity index (χ0v) is 14.8. The summed E-state index contributed by atoms with van der Waals surface area (Å²) in [6, 6.07) is 8.33. The molecule has 128 valence electrons. The number of nitrogens with one attached hydrogen (secondary N) is 1. The van der Waals surface area contributed by atoms with Crippen molar-refractivity contribution < 1.29 is 9.47 Å². The molecule has 1 atom stereocenters. The van der Waals surface area contributed by atoms with E-state index in [1.54, 1.807) is 7.11 Å². The lowest BCUT2D eigenvalue weighted by molar-refractivity contribution is 0.254. The predicted molar refractivity (Wildman–Crippen MR) is 95.9 cm³/mol. The van der Waals surface area contributed by atoms with Gasteiger partial charge >= 0.3 is 0 Å². The molecule has 0 bridgehead atoms. The summed E-state index contributed by atoms with van der Waals surface area (Å²) in [5.41, 5.74) is 3.55. The summed E-state index contributed by atoms with van der Waals surface area (Å²) >= 11 is 0. The molecular weight excluding hydrogens is 302 g/mol. The molecule has 24 heavy (non-hydrogen) atoms. The highest BCUT2D eigenvalue weighted by atomic mass is 16.5. The summed E-state index contributed by atoms with van der Waals surface area (Å²) in [6.45, 7) is 3.60. The number of aromatic nitrogens is 1. The lowest BCUT2D eigenvalue weighted by Crippen LogP contribution is -2.15. The van der Waals surface area contributed by atoms with E-state index in [-0.39, 0.29) is 6.10 Å². The second-order valence-electron chi connectivity index (χ2n) is 6.42. The first-order valence-corrected chi connectivity index (χ1v) is 8.26. The van der Waals surface area contributed by atoms with E-state index in [4.69, 9.17) is 9.47 Å². The van der Waals surface area contributed by atoms with Crippen LogP contribution in [0.15, 0.2) is 30.5 Å². The lowest BCUT2D eigenvalue weighted by Gasteiger charge is -2.14. The van der Waals surface area contributed by atoms with Crippen LogP contribution in [-0.4, -0.2) is 32.3 Å². The molecule has 0 saturated carbocycles. The highest BCUT2D eigenvalue weighted by Gasteiger charge is 2.21. The maximum Gasteiger partial charge on any atom is 0.128 e. The Hall–Kier alpha value is -2.27. The average Bonchev–Trinajstić information content (AvgIpc) is 2.93. The van der Waals surface area contributed by atoms with Crippen LogP contribution in [0.4, 0.5) is 5.82 Å². The smallest absolute Gasteiger partial charge is 0.128 e. The van der Waals surface area contributed by atoms with Gasteiger partial charge in [-0.2, -0.15) is 0 Å². The molecule has 5 nitrogen and oxygen atoms in total. The van der Waals surface area contributed by atoms with Crippen molar-refractivity contribution in [3.8, 4) is 11.5 Å². The average molecular weight is 327 g/mol. The molecule has 0 unspecified atom stereocenters. The molecule has 1 aromatic carbocycles. The summed E-state index contributed by atoms with van der Waals surface area (Å²) in [7, 11) is 5.71. The van der Waals surface area contributed by atoms with Gasteiger partial charge in [-0.25, -0.2) is 4.98 Å². The van der Waals surface area contributed by atoms with Gasteiger partial charge in [0.2, 0.25) is 0 Å². The maximum atomic E-state index is 5.86. The third-order valence-electron chi connectivity index (χ3n) is 4.21. The number of ether oxygens (including phenoxy) is 2. The van der Waals surface area contributed by atoms with Crippen molar-refractivity contribution in [2.24, 2.45) is 0 Å². The second-order valence-corrected chi connectivity index (χ2v) is 6.42. The number of rotatable bonds is 6. The zero-order valence-electron chi connectivity index (χ0n) is 14.8. The number of pyridine rings is 1. The third kappa shape index (κ3) is 3.62. The minimum atomic E-state index is 0.245. The molecule has 2 aromatic rings. The fraction of sp³-hybridized carbons (Fsp3) is 0.421. The minimum absolute atomic E-state index is 0.245. The van der Waals surface area contributed by atoms with Gasteiger partial charge in [-0.3, -0.25) is 0 Å². The van der Waals surface area contributed by atoms with Crippen molar-refractivity contribution in [3.63, 3.8) is 0 Å². The van der Waals surface area contributed by atoms with Crippen LogP contribution in [0.5, 0.6) is 11.5 Å². The molecule has 1 aromatic heterocycles. The van der Waals surface area contributed by atoms with Crippen molar-refractivity contribution in [1.82, 2.24) is 10.3 Å². The van der Waals surface area contributed by atoms with Crippen molar-refractivity contribution in [2.45, 2.75) is 32.5 Å². The molecule has 0 saturated heterocycles. The SMILES string of the molecule is COc1cc2c(cc1CNCc1ccnc(N(C)C)c1)O[C@H](C)C2. The molecule has 2 heterocycles. The molecule has 1 aliphatic rings. The third-order valence-corrected chi connectivity index (χ3v) is 4.21. The van der Waals surface area contributed by atoms with Gasteiger partial charge in [-0.1, -0.05) is 0 Å². The Morgan fingerprint density at radius 1 is 1.29 bits per heavy atom. The fourth-order valence-corrected chi connectivity index (χ4v) is 2.97. The second kappa shape index (κ2) is 7.09. The highest BCUT2D eigenvalue weighted by Crippen LogP contribution is 2.34. The largest absolute Gasteiger partial charge is 0.496 e. The Labute approximate surface area is 143 Å². The quantitative estimate of drug-likeness (QED) is 0.884. The molecular formula is C19H25N3O2. The van der Waals surface area contributed by atoms with Crippen LogP contribution in [0, 0.1) is 0 Å². The van der Waals surface area contributed by atoms with Gasteiger partial charge in [0.25, 0.3) is 0 Å². The van der Waals surface area contributed by atoms with Crippen LogP contribution in [0.3, 0.4) is 0 Å². The van der Waals surface area contributed by atoms with Crippen molar-refractivity contribution in [2.75, 3.05) is 26.1 Å². The van der Waals surface area contributed by atoms with Gasteiger partial charge in [-0.15, -0.1) is 0 Å². The van der Waals surface area contributed by atoms with Crippen LogP contribution >= 0.6 is 0 Å². The predicted octanol–water partition coefficient (Wildman–Crippen LogP) is 2.77. The number of hydrogen-bond acceptors (Lipinski definition) is 5. The summed E-state index contributed by atoms with van der Waals surface area (Å²) in [4.78, 5) is 6.35. The maximum absolute atomic E-state index is 5.86. The zero-order chi connectivity index (χ0) is 17.1. The van der Waals surface area contributed by atoms with Crippen LogP contribution in [0.2, 0.25) is 0 Å². The van der Waals surface area contributed by atoms with E-state index >= 15 is 0 Å². The van der Waals surface area contributed by atoms with Crippen molar-refractivity contribution >= 4 is 5.82 Å². The molecule has 0 radical (unpaired) electrons. The monoisotopic (exact) mass is 327 g/mol. The first-order valence-electron chi connectivity index (χ1n) is 8.26. The van der Waals surface area contributed by atoms with Crippen molar-refractivity contribution in [3.05, 3.63) is 47.2 Å². The van der Waals surface area contributed by atoms with E-state index in [9.17, 15) is 0 Å². The van der Waals surface area contributed by atoms with E-state index in [1.807, 2.05) is 31.3 Å². The van der Waals surface area contributed by atoms with Crippen LogP contribution in [-0.2, 0) is 19.5 Å². The Morgan fingerprint density at radius 2 is 2.12 bits per heavy atom. The van der Waals surface area contributed by atoms with Gasteiger partial charge in [0.15, 0.2) is 0 Å². The van der Waals surface area contributed by atoms with Crippen molar-refractivity contribution in [1.29, 1.82) is 0 Å². The van der Waals surface area contributed by atoms with E-state index in [1.165, 1.54) is 11.1 Å². The standard InChI is InChI=1S/C19H25N3O2/c1-13-7-15-9-17(23-4)16(10-18(15)24-13)12-20-11-14-5-6-21-19(8-14)22(2)3/h5-6,8-10,13,20H,7,11-12H2,1-4H3/t13-/m1/s1. The van der Waals surface area contributed by atoms with Gasteiger partial charge in [0, 0.05) is 50.9 Å². The molecule has 0 amide bonds. The Kier molecular flexibility index (Phi) is 4.90. The summed E-state index contributed by atoms with van der Waals surface area (Å²) in [5, 5.41) is 3.48. The Bertz CT molecular complexity index is 716. The molecule has 0 aliphatic carbocycles. The van der Waals surface area contributed by atoms with E-state index in [2.05, 4.69) is 35.4 Å². The number of anilines is 1. The molecule has 1 N–H and O–H groups in total. The molecule has 5 heteroatoms. The summed E-state index contributed by atoms with van der Waals surface area (Å²) < 4.78 is 11.4. The van der Waals surface area contributed by atoms with E-state index < -0.39 is 0 Å². The lowest BCUT2D eigenvalue weighted by atomic mass is 10.1. The molecule has 3 rings (SSSR count). The van der Waals surface area contributed by atoms with Gasteiger partial charge in [0.1, 0.15) is 23.4 Å². The molecule has 0 spiro atoms. The molecule has 1 aliphatic heterocycles.